The van der Waals surface area contributed by atoms with Crippen LogP contribution in [0.4, 0.5) is 0 Å². The van der Waals surface area contributed by atoms with Gasteiger partial charge in [0.1, 0.15) is 0 Å². The van der Waals surface area contributed by atoms with Crippen molar-refractivity contribution in [2.75, 3.05) is 0 Å². The summed E-state index contributed by atoms with van der Waals surface area (Å²) in [5.41, 5.74) is 3.00. The fraction of sp³-hybridized carbons (Fsp3) is 0.357. The Hall–Kier alpha value is -1.97. The summed E-state index contributed by atoms with van der Waals surface area (Å²) in [6, 6.07) is 3.29. The van der Waals surface area contributed by atoms with Crippen LogP contribution in [0.15, 0.2) is 41.8 Å². The van der Waals surface area contributed by atoms with E-state index < -0.39 is 0 Å². The van der Waals surface area contributed by atoms with Crippen LogP contribution in [0.2, 0.25) is 0 Å². The summed E-state index contributed by atoms with van der Waals surface area (Å²) in [6.45, 7) is 2.18. The Labute approximate surface area is 108 Å². The van der Waals surface area contributed by atoms with E-state index in [4.69, 9.17) is 0 Å². The van der Waals surface area contributed by atoms with E-state index >= 15 is 0 Å². The van der Waals surface area contributed by atoms with Crippen LogP contribution in [-0.4, -0.2) is 17.1 Å². The molecule has 96 valence electrons. The number of rotatable bonds is 7. The summed E-state index contributed by atoms with van der Waals surface area (Å²) in [6.07, 6.45) is 13.4. The maximum Gasteiger partial charge on any atom is 0.271 e. The number of pyridine rings is 1. The van der Waals surface area contributed by atoms with Gasteiger partial charge >= 0.3 is 0 Å². The summed E-state index contributed by atoms with van der Waals surface area (Å²) < 4.78 is 0. The number of unbranched alkanes of at least 4 members (excludes halogenated alkanes) is 3. The molecule has 0 unspecified atom stereocenters. The summed E-state index contributed by atoms with van der Waals surface area (Å²) in [7, 11) is 0. The van der Waals surface area contributed by atoms with Gasteiger partial charge in [0.15, 0.2) is 0 Å². The molecule has 0 bridgehead atoms. The Balaban J connectivity index is 2.22. The van der Waals surface area contributed by atoms with E-state index in [9.17, 15) is 4.79 Å². The SMILES string of the molecule is CCCCC/C=C/C=N/NC(=O)c1ccncc1. The highest BCUT2D eigenvalue weighted by Gasteiger charge is 2.00. The largest absolute Gasteiger partial charge is 0.271 e. The Morgan fingerprint density at radius 1 is 1.39 bits per heavy atom. The molecule has 0 atom stereocenters. The van der Waals surface area contributed by atoms with Gasteiger partial charge in [-0.2, -0.15) is 5.10 Å². The lowest BCUT2D eigenvalue weighted by Crippen LogP contribution is -2.17. The van der Waals surface area contributed by atoms with Gasteiger partial charge in [0, 0.05) is 24.2 Å². The van der Waals surface area contributed by atoms with Crippen molar-refractivity contribution in [1.82, 2.24) is 10.4 Å². The normalized spacial score (nSPS) is 11.2. The highest BCUT2D eigenvalue weighted by Crippen LogP contribution is 1.98. The molecule has 1 amide bonds. The molecule has 1 aromatic rings. The molecule has 0 aromatic carbocycles. The Kier molecular flexibility index (Phi) is 7.13. The van der Waals surface area contributed by atoms with E-state index in [1.165, 1.54) is 19.3 Å². The first kappa shape index (κ1) is 14.1. The van der Waals surface area contributed by atoms with Crippen LogP contribution in [0.3, 0.4) is 0 Å². The second kappa shape index (κ2) is 9.10. The van der Waals surface area contributed by atoms with Crippen molar-refractivity contribution < 1.29 is 4.79 Å². The van der Waals surface area contributed by atoms with Gasteiger partial charge in [0.2, 0.25) is 0 Å². The zero-order valence-corrected chi connectivity index (χ0v) is 10.7. The second-order valence-corrected chi connectivity index (χ2v) is 3.88. The minimum absolute atomic E-state index is 0.229. The molecule has 4 heteroatoms. The quantitative estimate of drug-likeness (QED) is 0.456. The maximum atomic E-state index is 11.5. The number of nitrogens with one attached hydrogen (secondary N) is 1. The van der Waals surface area contributed by atoms with Crippen molar-refractivity contribution in [2.24, 2.45) is 5.10 Å². The van der Waals surface area contributed by atoms with Crippen LogP contribution in [0, 0.1) is 0 Å². The van der Waals surface area contributed by atoms with Gasteiger partial charge in [-0.1, -0.05) is 25.8 Å². The molecule has 0 aliphatic carbocycles. The minimum atomic E-state index is -0.229. The first-order valence-corrected chi connectivity index (χ1v) is 6.23. The molecule has 1 rings (SSSR count). The third kappa shape index (κ3) is 5.94. The predicted molar refractivity (Wildman–Crippen MR) is 73.5 cm³/mol. The third-order valence-electron chi connectivity index (χ3n) is 2.38. The zero-order valence-electron chi connectivity index (χ0n) is 10.7. The molecular formula is C14H19N3O. The number of carbonyl (C=O) groups excluding carboxylic acids is 1. The fourth-order valence-corrected chi connectivity index (χ4v) is 1.38. The van der Waals surface area contributed by atoms with Crippen molar-refractivity contribution in [1.29, 1.82) is 0 Å². The van der Waals surface area contributed by atoms with E-state index in [0.717, 1.165) is 6.42 Å². The average molecular weight is 245 g/mol. The highest BCUT2D eigenvalue weighted by atomic mass is 16.2. The molecule has 0 spiro atoms. The number of aromatic nitrogens is 1. The van der Waals surface area contributed by atoms with Crippen LogP contribution in [0.5, 0.6) is 0 Å². The van der Waals surface area contributed by atoms with Gasteiger partial charge in [-0.15, -0.1) is 0 Å². The molecule has 0 aliphatic rings. The summed E-state index contributed by atoms with van der Waals surface area (Å²) >= 11 is 0. The van der Waals surface area contributed by atoms with Crippen LogP contribution < -0.4 is 5.43 Å². The van der Waals surface area contributed by atoms with E-state index in [1.54, 1.807) is 30.7 Å². The van der Waals surface area contributed by atoms with Gasteiger partial charge in [-0.3, -0.25) is 9.78 Å². The van der Waals surface area contributed by atoms with Gasteiger partial charge in [-0.05, 0) is 31.1 Å². The molecule has 4 nitrogen and oxygen atoms in total. The topological polar surface area (TPSA) is 54.4 Å². The van der Waals surface area contributed by atoms with E-state index in [2.05, 4.69) is 28.5 Å². The Morgan fingerprint density at radius 3 is 2.89 bits per heavy atom. The third-order valence-corrected chi connectivity index (χ3v) is 2.38. The van der Waals surface area contributed by atoms with Gasteiger partial charge in [0.25, 0.3) is 5.91 Å². The van der Waals surface area contributed by atoms with Crippen molar-refractivity contribution in [3.8, 4) is 0 Å². The maximum absolute atomic E-state index is 11.5. The molecule has 18 heavy (non-hydrogen) atoms. The van der Waals surface area contributed by atoms with Gasteiger partial charge in [0.05, 0.1) is 0 Å². The van der Waals surface area contributed by atoms with Crippen LogP contribution >= 0.6 is 0 Å². The fourth-order valence-electron chi connectivity index (χ4n) is 1.38. The first-order chi connectivity index (χ1) is 8.84. The summed E-state index contributed by atoms with van der Waals surface area (Å²) in [4.78, 5) is 15.4. The molecule has 0 fully saturated rings. The van der Waals surface area contributed by atoms with E-state index in [-0.39, 0.29) is 5.91 Å². The summed E-state index contributed by atoms with van der Waals surface area (Å²) in [5, 5.41) is 3.83. The standard InChI is InChI=1S/C14H19N3O/c1-2-3-4-5-6-7-10-16-17-14(18)13-8-11-15-12-9-13/h6-12H,2-5H2,1H3,(H,17,18)/b7-6+,16-10+. The van der Waals surface area contributed by atoms with E-state index in [1.807, 2.05) is 6.08 Å². The Morgan fingerprint density at radius 2 is 2.17 bits per heavy atom. The number of amides is 1. The van der Waals surface area contributed by atoms with Gasteiger partial charge < -0.3 is 0 Å². The Bertz CT molecular complexity index is 399. The monoisotopic (exact) mass is 245 g/mol. The molecule has 0 saturated heterocycles. The lowest BCUT2D eigenvalue weighted by Gasteiger charge is -1.97. The zero-order chi connectivity index (χ0) is 13.1. The van der Waals surface area contributed by atoms with Crippen LogP contribution in [0.25, 0.3) is 0 Å². The number of carbonyl (C=O) groups is 1. The molecular weight excluding hydrogens is 226 g/mol. The van der Waals surface area contributed by atoms with Crippen molar-refractivity contribution in [3.63, 3.8) is 0 Å². The molecule has 0 radical (unpaired) electrons. The molecule has 1 N–H and O–H groups in total. The number of hydrogen-bond donors (Lipinski definition) is 1. The molecule has 0 saturated carbocycles. The van der Waals surface area contributed by atoms with Crippen molar-refractivity contribution >= 4 is 12.1 Å². The predicted octanol–water partition coefficient (Wildman–Crippen LogP) is 2.93. The smallest absolute Gasteiger partial charge is 0.267 e. The number of allylic oxidation sites excluding steroid dienone is 2. The van der Waals surface area contributed by atoms with Crippen LogP contribution in [-0.2, 0) is 0 Å². The highest BCUT2D eigenvalue weighted by molar-refractivity contribution is 5.94. The summed E-state index contributed by atoms with van der Waals surface area (Å²) in [5.74, 6) is -0.229. The molecule has 0 aliphatic heterocycles. The number of nitrogens with zero attached hydrogens (tertiary/aromatic N) is 2. The van der Waals surface area contributed by atoms with Crippen LogP contribution in [0.1, 0.15) is 43.0 Å². The molecule has 1 aromatic heterocycles. The van der Waals surface area contributed by atoms with Crippen molar-refractivity contribution in [3.05, 3.63) is 42.2 Å². The van der Waals surface area contributed by atoms with Gasteiger partial charge in [-0.25, -0.2) is 5.43 Å². The lowest BCUT2D eigenvalue weighted by molar-refractivity contribution is 0.0955. The lowest BCUT2D eigenvalue weighted by atomic mass is 10.2. The number of hydrazone groups is 1. The minimum Gasteiger partial charge on any atom is -0.267 e. The number of hydrogen-bond acceptors (Lipinski definition) is 3. The van der Waals surface area contributed by atoms with E-state index in [0.29, 0.717) is 5.56 Å². The second-order valence-electron chi connectivity index (χ2n) is 3.88. The molecule has 1 heterocycles. The average Bonchev–Trinajstić information content (AvgIpc) is 2.42. The van der Waals surface area contributed by atoms with Crippen molar-refractivity contribution in [2.45, 2.75) is 32.6 Å². The first-order valence-electron chi connectivity index (χ1n) is 6.23.